The summed E-state index contributed by atoms with van der Waals surface area (Å²) >= 11 is 5.93. The minimum absolute atomic E-state index is 0.143. The summed E-state index contributed by atoms with van der Waals surface area (Å²) in [6.45, 7) is -0.143. The summed E-state index contributed by atoms with van der Waals surface area (Å²) in [7, 11) is 1.46. The molecule has 0 bridgehead atoms. The first-order chi connectivity index (χ1) is 12.0. The van der Waals surface area contributed by atoms with Crippen molar-refractivity contribution >= 4 is 28.5 Å². The molecule has 3 rings (SSSR count). The van der Waals surface area contributed by atoms with E-state index < -0.39 is 17.8 Å². The number of amides is 1. The predicted molar refractivity (Wildman–Crippen MR) is 91.3 cm³/mol. The zero-order valence-electron chi connectivity index (χ0n) is 13.2. The maximum Gasteiger partial charge on any atom is 0.256 e. The minimum atomic E-state index is -1.07. The van der Waals surface area contributed by atoms with Crippen molar-refractivity contribution in [2.45, 2.75) is 6.10 Å². The highest BCUT2D eigenvalue weighted by Crippen LogP contribution is 2.28. The number of carbonyl (C=O) groups is 1. The number of benzene rings is 2. The van der Waals surface area contributed by atoms with Gasteiger partial charge in [-0.15, -0.1) is 0 Å². The van der Waals surface area contributed by atoms with Crippen LogP contribution in [0.4, 0.5) is 4.39 Å². The van der Waals surface area contributed by atoms with Gasteiger partial charge in [-0.2, -0.15) is 0 Å². The Bertz CT molecular complexity index is 929. The number of H-pyrrole nitrogens is 1. The molecule has 0 aliphatic heterocycles. The van der Waals surface area contributed by atoms with Gasteiger partial charge in [-0.1, -0.05) is 11.6 Å². The van der Waals surface area contributed by atoms with Gasteiger partial charge in [0.1, 0.15) is 22.6 Å². The lowest BCUT2D eigenvalue weighted by Crippen LogP contribution is -2.29. The van der Waals surface area contributed by atoms with E-state index in [0.29, 0.717) is 21.9 Å². The first-order valence-corrected chi connectivity index (χ1v) is 7.80. The van der Waals surface area contributed by atoms with Gasteiger partial charge in [0.25, 0.3) is 5.91 Å². The van der Waals surface area contributed by atoms with Crippen LogP contribution in [0.2, 0.25) is 5.02 Å². The van der Waals surface area contributed by atoms with E-state index in [1.54, 1.807) is 18.2 Å². The highest BCUT2D eigenvalue weighted by molar-refractivity contribution is 6.30. The maximum atomic E-state index is 14.1. The van der Waals surface area contributed by atoms with Crippen molar-refractivity contribution in [2.24, 2.45) is 0 Å². The molecule has 0 spiro atoms. The fraction of sp³-hybridized carbons (Fsp3) is 0.176. The van der Waals surface area contributed by atoms with Crippen molar-refractivity contribution in [3.05, 3.63) is 58.6 Å². The SMILES string of the molecule is COc1ccc(Cl)cc1C(O)CNC(=O)c1c(F)ccc2[nH]cnc12. The molecule has 0 saturated heterocycles. The van der Waals surface area contributed by atoms with Gasteiger partial charge in [-0.05, 0) is 30.3 Å². The van der Waals surface area contributed by atoms with Crippen molar-refractivity contribution in [2.75, 3.05) is 13.7 Å². The molecule has 0 aliphatic carbocycles. The largest absolute Gasteiger partial charge is 0.496 e. The van der Waals surface area contributed by atoms with E-state index >= 15 is 0 Å². The molecule has 8 heteroatoms. The molecular weight excluding hydrogens is 349 g/mol. The standard InChI is InChI=1S/C17H15ClFN3O3/c1-25-14-5-2-9(18)6-10(14)13(23)7-20-17(24)15-11(19)3-4-12-16(15)22-8-21-12/h2-6,8,13,23H,7H2,1H3,(H,20,24)(H,21,22). The van der Waals surface area contributed by atoms with E-state index in [2.05, 4.69) is 15.3 Å². The summed E-state index contributed by atoms with van der Waals surface area (Å²) in [6, 6.07) is 7.48. The summed E-state index contributed by atoms with van der Waals surface area (Å²) in [5, 5.41) is 13.3. The molecule has 0 saturated carbocycles. The maximum absolute atomic E-state index is 14.1. The third kappa shape index (κ3) is 3.42. The smallest absolute Gasteiger partial charge is 0.256 e. The Morgan fingerprint density at radius 2 is 2.24 bits per heavy atom. The number of ether oxygens (including phenoxy) is 1. The van der Waals surface area contributed by atoms with Gasteiger partial charge in [0.2, 0.25) is 0 Å². The molecule has 1 heterocycles. The molecule has 2 aromatic carbocycles. The third-order valence-corrected chi connectivity index (χ3v) is 4.01. The van der Waals surface area contributed by atoms with Crippen LogP contribution in [-0.2, 0) is 0 Å². The van der Waals surface area contributed by atoms with Crippen molar-refractivity contribution in [3.8, 4) is 5.75 Å². The molecular formula is C17H15ClFN3O3. The Balaban J connectivity index is 1.79. The number of rotatable bonds is 5. The lowest BCUT2D eigenvalue weighted by Gasteiger charge is -2.16. The first kappa shape index (κ1) is 17.2. The van der Waals surface area contributed by atoms with Crippen LogP contribution in [0.25, 0.3) is 11.0 Å². The lowest BCUT2D eigenvalue weighted by molar-refractivity contribution is 0.0912. The van der Waals surface area contributed by atoms with Crippen LogP contribution in [0.15, 0.2) is 36.7 Å². The van der Waals surface area contributed by atoms with Crippen molar-refractivity contribution < 1.29 is 19.0 Å². The van der Waals surface area contributed by atoms with Gasteiger partial charge in [0.15, 0.2) is 0 Å². The second kappa shape index (κ2) is 7.08. The molecule has 1 unspecified atom stereocenters. The monoisotopic (exact) mass is 363 g/mol. The van der Waals surface area contributed by atoms with Crippen LogP contribution >= 0.6 is 11.6 Å². The Morgan fingerprint density at radius 3 is 3.00 bits per heavy atom. The molecule has 1 aromatic heterocycles. The molecule has 3 N–H and O–H groups in total. The normalized spacial score (nSPS) is 12.2. The van der Waals surface area contributed by atoms with Gasteiger partial charge in [-0.25, -0.2) is 9.37 Å². The minimum Gasteiger partial charge on any atom is -0.496 e. The van der Waals surface area contributed by atoms with Crippen LogP contribution in [0.5, 0.6) is 5.75 Å². The lowest BCUT2D eigenvalue weighted by atomic mass is 10.1. The van der Waals surface area contributed by atoms with Gasteiger partial charge in [0, 0.05) is 17.1 Å². The molecule has 25 heavy (non-hydrogen) atoms. The number of fused-ring (bicyclic) bond motifs is 1. The van der Waals surface area contributed by atoms with E-state index in [1.165, 1.54) is 25.6 Å². The van der Waals surface area contributed by atoms with Gasteiger partial charge in [0.05, 0.1) is 25.1 Å². The number of aliphatic hydroxyl groups excluding tert-OH is 1. The molecule has 130 valence electrons. The van der Waals surface area contributed by atoms with E-state index in [-0.39, 0.29) is 17.6 Å². The summed E-state index contributed by atoms with van der Waals surface area (Å²) in [6.07, 6.45) is 0.311. The molecule has 3 aromatic rings. The van der Waals surface area contributed by atoms with Crippen LogP contribution in [0, 0.1) is 5.82 Å². The number of nitrogens with one attached hydrogen (secondary N) is 2. The number of carbonyl (C=O) groups excluding carboxylic acids is 1. The van der Waals surface area contributed by atoms with E-state index in [4.69, 9.17) is 16.3 Å². The molecule has 0 fully saturated rings. The number of hydrogen-bond acceptors (Lipinski definition) is 4. The van der Waals surface area contributed by atoms with Crippen molar-refractivity contribution in [3.63, 3.8) is 0 Å². The summed E-state index contributed by atoms with van der Waals surface area (Å²) in [4.78, 5) is 19.1. The third-order valence-electron chi connectivity index (χ3n) is 3.77. The Kier molecular flexibility index (Phi) is 4.87. The molecule has 6 nitrogen and oxygen atoms in total. The fourth-order valence-electron chi connectivity index (χ4n) is 2.55. The second-order valence-corrected chi connectivity index (χ2v) is 5.77. The number of imidazole rings is 1. The van der Waals surface area contributed by atoms with E-state index in [0.717, 1.165) is 0 Å². The highest BCUT2D eigenvalue weighted by atomic mass is 35.5. The second-order valence-electron chi connectivity index (χ2n) is 5.33. The fourth-order valence-corrected chi connectivity index (χ4v) is 2.73. The number of aromatic amines is 1. The van der Waals surface area contributed by atoms with Crippen LogP contribution in [0.1, 0.15) is 22.0 Å². The average Bonchev–Trinajstić information content (AvgIpc) is 3.07. The van der Waals surface area contributed by atoms with Gasteiger partial charge in [-0.3, -0.25) is 4.79 Å². The number of aliphatic hydroxyl groups is 1. The van der Waals surface area contributed by atoms with E-state index in [1.807, 2.05) is 0 Å². The average molecular weight is 364 g/mol. The van der Waals surface area contributed by atoms with Gasteiger partial charge >= 0.3 is 0 Å². The van der Waals surface area contributed by atoms with Crippen molar-refractivity contribution in [1.82, 2.24) is 15.3 Å². The zero-order chi connectivity index (χ0) is 18.0. The highest BCUT2D eigenvalue weighted by Gasteiger charge is 2.20. The molecule has 0 radical (unpaired) electrons. The number of aromatic nitrogens is 2. The Hall–Kier alpha value is -2.64. The Labute approximate surface area is 147 Å². The van der Waals surface area contributed by atoms with Crippen LogP contribution in [0.3, 0.4) is 0 Å². The molecule has 1 amide bonds. The zero-order valence-corrected chi connectivity index (χ0v) is 14.0. The van der Waals surface area contributed by atoms with Crippen LogP contribution < -0.4 is 10.1 Å². The van der Waals surface area contributed by atoms with Crippen molar-refractivity contribution in [1.29, 1.82) is 0 Å². The number of methoxy groups -OCH3 is 1. The molecule has 1 atom stereocenters. The number of nitrogens with zero attached hydrogens (tertiary/aromatic N) is 1. The van der Waals surface area contributed by atoms with Crippen LogP contribution in [-0.4, -0.2) is 34.6 Å². The quantitative estimate of drug-likeness (QED) is 0.650. The summed E-state index contributed by atoms with van der Waals surface area (Å²) in [5.41, 5.74) is 1.02. The number of halogens is 2. The Morgan fingerprint density at radius 1 is 1.44 bits per heavy atom. The number of hydrogen-bond donors (Lipinski definition) is 3. The van der Waals surface area contributed by atoms with E-state index in [9.17, 15) is 14.3 Å². The topological polar surface area (TPSA) is 87.2 Å². The van der Waals surface area contributed by atoms with Gasteiger partial charge < -0.3 is 20.1 Å². The first-order valence-electron chi connectivity index (χ1n) is 7.42. The summed E-state index contributed by atoms with van der Waals surface area (Å²) < 4.78 is 19.2. The molecule has 0 aliphatic rings. The summed E-state index contributed by atoms with van der Waals surface area (Å²) in [5.74, 6) is -0.922. The predicted octanol–water partition coefficient (Wildman–Crippen LogP) is 2.83.